The molecule has 8 heteroatoms. The summed E-state index contributed by atoms with van der Waals surface area (Å²) in [6.45, 7) is 14.8. The monoisotopic (exact) mass is 516 g/mol. The SMILES string of the molecule is C=C(C)/C=C\C=c1\c(N2CC(C3CC3)CC(N(C)C(=O)CN3CCNCC3)C2)ccc(C(F)(F)F)c1=C. The molecule has 3 aliphatic rings. The van der Waals surface area contributed by atoms with Crippen LogP contribution in [0, 0.1) is 11.8 Å². The van der Waals surface area contributed by atoms with Crippen LogP contribution in [0.15, 0.2) is 36.4 Å². The van der Waals surface area contributed by atoms with E-state index in [-0.39, 0.29) is 17.2 Å². The lowest BCUT2D eigenvalue weighted by Gasteiger charge is -2.43. The highest BCUT2D eigenvalue weighted by Gasteiger charge is 2.40. The summed E-state index contributed by atoms with van der Waals surface area (Å²) in [7, 11) is 1.88. The smallest absolute Gasteiger partial charge is 0.369 e. The molecule has 2 aliphatic heterocycles. The molecule has 0 aromatic heterocycles. The number of carbonyl (C=O) groups is 1. The van der Waals surface area contributed by atoms with E-state index in [1.807, 2.05) is 18.9 Å². The summed E-state index contributed by atoms with van der Waals surface area (Å²) in [6.07, 6.45) is 4.02. The maximum absolute atomic E-state index is 13.7. The number of piperidine rings is 1. The third-order valence-electron chi connectivity index (χ3n) is 7.88. The third kappa shape index (κ3) is 6.85. The van der Waals surface area contributed by atoms with Gasteiger partial charge >= 0.3 is 6.18 Å². The number of piperazine rings is 1. The van der Waals surface area contributed by atoms with Gasteiger partial charge < -0.3 is 15.1 Å². The number of halogens is 3. The minimum Gasteiger partial charge on any atom is -0.369 e. The zero-order chi connectivity index (χ0) is 26.7. The van der Waals surface area contributed by atoms with E-state index in [0.29, 0.717) is 30.1 Å². The summed E-state index contributed by atoms with van der Waals surface area (Å²) in [4.78, 5) is 19.5. The molecule has 2 heterocycles. The lowest BCUT2D eigenvalue weighted by Crippen LogP contribution is -2.55. The van der Waals surface area contributed by atoms with Crippen LogP contribution in [0.5, 0.6) is 0 Å². The molecule has 1 saturated carbocycles. The fraction of sp³-hybridized carbons (Fsp3) is 0.552. The minimum absolute atomic E-state index is 0.00383. The maximum Gasteiger partial charge on any atom is 0.416 e. The summed E-state index contributed by atoms with van der Waals surface area (Å²) >= 11 is 0. The predicted molar refractivity (Wildman–Crippen MR) is 144 cm³/mol. The van der Waals surface area contributed by atoms with E-state index in [9.17, 15) is 18.0 Å². The van der Waals surface area contributed by atoms with Crippen molar-refractivity contribution in [3.63, 3.8) is 0 Å². The molecule has 37 heavy (non-hydrogen) atoms. The van der Waals surface area contributed by atoms with Gasteiger partial charge in [0, 0.05) is 63.3 Å². The number of rotatable bonds is 7. The molecule has 1 N–H and O–H groups in total. The molecule has 2 unspecified atom stereocenters. The van der Waals surface area contributed by atoms with Gasteiger partial charge in [0.05, 0.1) is 12.1 Å². The van der Waals surface area contributed by atoms with Crippen LogP contribution >= 0.6 is 0 Å². The second-order valence-corrected chi connectivity index (χ2v) is 10.8. The molecule has 1 aliphatic carbocycles. The average molecular weight is 517 g/mol. The second-order valence-electron chi connectivity index (χ2n) is 10.8. The number of alkyl halides is 3. The lowest BCUT2D eigenvalue weighted by atomic mass is 9.88. The molecule has 0 radical (unpaired) electrons. The number of anilines is 1. The molecule has 1 amide bonds. The molecule has 4 rings (SSSR count). The van der Waals surface area contributed by atoms with Crippen molar-refractivity contribution in [2.24, 2.45) is 11.8 Å². The van der Waals surface area contributed by atoms with Gasteiger partial charge in [-0.05, 0) is 55.4 Å². The van der Waals surface area contributed by atoms with Gasteiger partial charge in [-0.1, -0.05) is 37.0 Å². The molecule has 1 aromatic rings. The quantitative estimate of drug-likeness (QED) is 0.566. The van der Waals surface area contributed by atoms with E-state index in [2.05, 4.69) is 28.3 Å². The third-order valence-corrected chi connectivity index (χ3v) is 7.88. The van der Waals surface area contributed by atoms with Gasteiger partial charge in [0.1, 0.15) is 0 Å². The van der Waals surface area contributed by atoms with Crippen LogP contribution in [0.25, 0.3) is 12.7 Å². The first-order valence-electron chi connectivity index (χ1n) is 13.2. The Balaban J connectivity index is 1.64. The second kappa shape index (κ2) is 11.4. The first-order valence-corrected chi connectivity index (χ1v) is 13.2. The zero-order valence-corrected chi connectivity index (χ0v) is 22.0. The fourth-order valence-corrected chi connectivity index (χ4v) is 5.56. The number of amides is 1. The number of nitrogens with one attached hydrogen (secondary N) is 1. The normalized spacial score (nSPS) is 24.0. The van der Waals surface area contributed by atoms with Gasteiger partial charge in [-0.15, -0.1) is 0 Å². The van der Waals surface area contributed by atoms with Crippen LogP contribution in [0.3, 0.4) is 0 Å². The first kappa shape index (κ1) is 27.5. The molecule has 0 spiro atoms. The number of nitrogens with zero attached hydrogens (tertiary/aromatic N) is 3. The number of likely N-dealkylation sites (N-methyl/N-ethyl adjacent to an activating group) is 1. The summed E-state index contributed by atoms with van der Waals surface area (Å²) in [5, 5.41) is 3.76. The van der Waals surface area contributed by atoms with E-state index in [4.69, 9.17) is 0 Å². The van der Waals surface area contributed by atoms with Crippen molar-refractivity contribution in [1.82, 2.24) is 15.1 Å². The highest BCUT2D eigenvalue weighted by molar-refractivity contribution is 5.78. The molecule has 0 bridgehead atoms. The van der Waals surface area contributed by atoms with Crippen LogP contribution in [0.1, 0.15) is 31.7 Å². The average Bonchev–Trinajstić information content (AvgIpc) is 3.69. The summed E-state index contributed by atoms with van der Waals surface area (Å²) in [5.74, 6) is 1.12. The summed E-state index contributed by atoms with van der Waals surface area (Å²) in [5.41, 5.74) is 0.830. The molecule has 3 fully saturated rings. The Kier molecular flexibility index (Phi) is 8.49. The van der Waals surface area contributed by atoms with Crippen molar-refractivity contribution >= 4 is 24.2 Å². The van der Waals surface area contributed by atoms with Crippen LogP contribution in [-0.2, 0) is 11.0 Å². The number of hydrogen-bond donors (Lipinski definition) is 1. The Hall–Kier alpha value is -2.58. The summed E-state index contributed by atoms with van der Waals surface area (Å²) < 4.78 is 41.2. The molecular formula is C29H39F3N4O. The molecule has 202 valence electrons. The van der Waals surface area contributed by atoms with Gasteiger partial charge in [-0.3, -0.25) is 9.69 Å². The number of hydrogen-bond acceptors (Lipinski definition) is 4. The van der Waals surface area contributed by atoms with E-state index in [0.717, 1.165) is 56.5 Å². The van der Waals surface area contributed by atoms with E-state index in [1.165, 1.54) is 12.8 Å². The molecule has 2 atom stereocenters. The molecule has 5 nitrogen and oxygen atoms in total. The van der Waals surface area contributed by atoms with Crippen molar-refractivity contribution in [2.75, 3.05) is 57.8 Å². The van der Waals surface area contributed by atoms with Gasteiger partial charge in [0.2, 0.25) is 5.91 Å². The highest BCUT2D eigenvalue weighted by Crippen LogP contribution is 2.42. The van der Waals surface area contributed by atoms with E-state index in [1.54, 1.807) is 24.3 Å². The fourth-order valence-electron chi connectivity index (χ4n) is 5.56. The number of carbonyl (C=O) groups excluding carboxylic acids is 1. The Labute approximate surface area is 218 Å². The standard InChI is InChI=1S/C29H39F3N4O/c1-20(2)6-5-7-25-21(3)26(29(30,31)32)10-11-27(25)36-17-23(22-8-9-22)16-24(18-36)34(4)28(37)19-35-14-12-33-13-15-35/h5-7,10-11,22-24,33H,1,3,8-9,12-19H2,2,4H3/b6-5-,25-7+. The van der Waals surface area contributed by atoms with Gasteiger partial charge in [-0.2, -0.15) is 13.2 Å². The Bertz CT molecular complexity index is 1140. The highest BCUT2D eigenvalue weighted by atomic mass is 19.4. The van der Waals surface area contributed by atoms with Crippen molar-refractivity contribution in [3.05, 3.63) is 52.4 Å². The Morgan fingerprint density at radius 3 is 2.51 bits per heavy atom. The lowest BCUT2D eigenvalue weighted by molar-refractivity contribution is -0.138. The van der Waals surface area contributed by atoms with Crippen molar-refractivity contribution < 1.29 is 18.0 Å². The summed E-state index contributed by atoms with van der Waals surface area (Å²) in [6, 6.07) is 2.73. The zero-order valence-electron chi connectivity index (χ0n) is 22.0. The molecular weight excluding hydrogens is 477 g/mol. The van der Waals surface area contributed by atoms with E-state index >= 15 is 0 Å². The maximum atomic E-state index is 13.7. The molecule has 2 saturated heterocycles. The number of allylic oxidation sites excluding steroid dienone is 3. The Morgan fingerprint density at radius 2 is 1.89 bits per heavy atom. The van der Waals surface area contributed by atoms with Gasteiger partial charge in [-0.25, -0.2) is 0 Å². The predicted octanol–water partition coefficient (Wildman–Crippen LogP) is 3.00. The van der Waals surface area contributed by atoms with Crippen molar-refractivity contribution in [3.8, 4) is 0 Å². The molecule has 1 aromatic carbocycles. The van der Waals surface area contributed by atoms with Gasteiger partial charge in [0.25, 0.3) is 0 Å². The number of benzene rings is 1. The Morgan fingerprint density at radius 1 is 1.19 bits per heavy atom. The van der Waals surface area contributed by atoms with Crippen LogP contribution < -0.4 is 20.7 Å². The van der Waals surface area contributed by atoms with Crippen molar-refractivity contribution in [1.29, 1.82) is 0 Å². The first-order chi connectivity index (χ1) is 17.5. The topological polar surface area (TPSA) is 38.8 Å². The van der Waals surface area contributed by atoms with Crippen LogP contribution in [0.4, 0.5) is 18.9 Å². The van der Waals surface area contributed by atoms with E-state index < -0.39 is 11.7 Å². The van der Waals surface area contributed by atoms with Crippen molar-refractivity contribution in [2.45, 2.75) is 38.4 Å². The largest absolute Gasteiger partial charge is 0.416 e. The van der Waals surface area contributed by atoms with Crippen LogP contribution in [-0.4, -0.2) is 74.6 Å². The minimum atomic E-state index is -4.48. The van der Waals surface area contributed by atoms with Gasteiger partial charge in [0.15, 0.2) is 0 Å². The van der Waals surface area contributed by atoms with Crippen LogP contribution in [0.2, 0.25) is 0 Å².